The highest BCUT2D eigenvalue weighted by molar-refractivity contribution is 5.91. The van der Waals surface area contributed by atoms with Crippen LogP contribution in [-0.4, -0.2) is 30.6 Å². The average Bonchev–Trinajstić information content (AvgIpc) is 3.06. The number of fused-ring (bicyclic) bond motifs is 1. The summed E-state index contributed by atoms with van der Waals surface area (Å²) in [5.74, 6) is -1.47. The highest BCUT2D eigenvalue weighted by atomic mass is 19.4. The summed E-state index contributed by atoms with van der Waals surface area (Å²) >= 11 is 0. The number of rotatable bonds is 4. The number of nitrogens with two attached hydrogens (primary N) is 1. The number of hydrogen-bond acceptors (Lipinski definition) is 5. The van der Waals surface area contributed by atoms with Gasteiger partial charge in [-0.05, 0) is 30.7 Å². The van der Waals surface area contributed by atoms with Crippen LogP contribution in [0.25, 0.3) is 22.6 Å². The van der Waals surface area contributed by atoms with E-state index in [1.807, 2.05) is 31.2 Å². The molecule has 7 nitrogen and oxygen atoms in total. The zero-order valence-corrected chi connectivity index (χ0v) is 16.2. The number of nitrogen functional groups attached to an aromatic ring is 1. The van der Waals surface area contributed by atoms with Gasteiger partial charge in [0.1, 0.15) is 11.3 Å². The number of halogens is 3. The fraction of sp³-hybridized carbons (Fsp3) is 0.143. The molecule has 0 fully saturated rings. The molecule has 0 aliphatic carbocycles. The Morgan fingerprint density at radius 2 is 1.81 bits per heavy atom. The van der Waals surface area contributed by atoms with Crippen LogP contribution in [0.5, 0.6) is 0 Å². The quantitative estimate of drug-likeness (QED) is 0.507. The summed E-state index contributed by atoms with van der Waals surface area (Å²) < 4.78 is 40.3. The second kappa shape index (κ2) is 7.38. The summed E-state index contributed by atoms with van der Waals surface area (Å²) in [5.41, 5.74) is 7.94. The Kier molecular flexibility index (Phi) is 4.84. The maximum atomic E-state index is 12.9. The third-order valence-electron chi connectivity index (χ3n) is 4.72. The van der Waals surface area contributed by atoms with Gasteiger partial charge >= 0.3 is 12.1 Å². The molecule has 0 radical (unpaired) electrons. The van der Waals surface area contributed by atoms with E-state index in [9.17, 15) is 23.1 Å². The van der Waals surface area contributed by atoms with Gasteiger partial charge in [-0.2, -0.15) is 13.2 Å². The molecule has 10 heteroatoms. The van der Waals surface area contributed by atoms with Gasteiger partial charge in [-0.1, -0.05) is 35.9 Å². The Morgan fingerprint density at radius 1 is 1.10 bits per heavy atom. The Hall–Kier alpha value is -3.95. The van der Waals surface area contributed by atoms with Gasteiger partial charge < -0.3 is 15.4 Å². The molecule has 31 heavy (non-hydrogen) atoms. The third-order valence-corrected chi connectivity index (χ3v) is 4.72. The maximum Gasteiger partial charge on any atom is 0.416 e. The first-order valence-corrected chi connectivity index (χ1v) is 9.13. The summed E-state index contributed by atoms with van der Waals surface area (Å²) in [7, 11) is 0. The summed E-state index contributed by atoms with van der Waals surface area (Å²) in [6.07, 6.45) is -4.43. The summed E-state index contributed by atoms with van der Waals surface area (Å²) in [5, 5.41) is 9.22. The molecule has 0 atom stereocenters. The van der Waals surface area contributed by atoms with Crippen LogP contribution < -0.4 is 5.73 Å². The number of nitrogens with zero attached hydrogens (tertiary/aromatic N) is 4. The Morgan fingerprint density at radius 3 is 2.42 bits per heavy atom. The number of aromatic nitrogens is 4. The molecule has 0 bridgehead atoms. The predicted molar refractivity (Wildman–Crippen MR) is 107 cm³/mol. The predicted octanol–water partition coefficient (Wildman–Crippen LogP) is 4.15. The number of anilines is 1. The molecular formula is C21H16F3N5O2. The summed E-state index contributed by atoms with van der Waals surface area (Å²) in [4.78, 5) is 23.6. The van der Waals surface area contributed by atoms with Crippen molar-refractivity contribution in [3.8, 4) is 11.4 Å². The molecule has 3 N–H and O–H groups in total. The molecule has 0 spiro atoms. The van der Waals surface area contributed by atoms with Crippen molar-refractivity contribution in [2.75, 3.05) is 5.73 Å². The zero-order valence-electron chi connectivity index (χ0n) is 16.2. The largest absolute Gasteiger partial charge is 0.475 e. The van der Waals surface area contributed by atoms with Gasteiger partial charge in [-0.25, -0.2) is 19.7 Å². The molecule has 0 unspecified atom stereocenters. The fourth-order valence-electron chi connectivity index (χ4n) is 3.30. The lowest BCUT2D eigenvalue weighted by Crippen LogP contribution is -2.10. The van der Waals surface area contributed by atoms with Gasteiger partial charge in [0.2, 0.25) is 5.82 Å². The summed E-state index contributed by atoms with van der Waals surface area (Å²) in [6, 6.07) is 12.2. The third kappa shape index (κ3) is 3.91. The second-order valence-electron chi connectivity index (χ2n) is 7.00. The minimum Gasteiger partial charge on any atom is -0.475 e. The molecule has 4 aromatic rings. The molecule has 4 rings (SSSR count). The number of benzene rings is 2. The first-order chi connectivity index (χ1) is 14.6. The Labute approximate surface area is 174 Å². The first kappa shape index (κ1) is 20.3. The van der Waals surface area contributed by atoms with Crippen molar-refractivity contribution in [2.24, 2.45) is 0 Å². The molecule has 2 aromatic heterocycles. The summed E-state index contributed by atoms with van der Waals surface area (Å²) in [6.45, 7) is 2.04. The molecule has 0 saturated carbocycles. The number of carboxylic acid groups (broad SMARTS) is 1. The topological polar surface area (TPSA) is 107 Å². The SMILES string of the molecule is Cc1cccc(-c2nc3nc(C(=O)O)nc(N)c3n2Cc2ccc(C(F)(F)F)cc2)c1. The lowest BCUT2D eigenvalue weighted by molar-refractivity contribution is -0.137. The van der Waals surface area contributed by atoms with Gasteiger partial charge in [0.25, 0.3) is 0 Å². The Bertz CT molecular complexity index is 1300. The molecule has 2 heterocycles. The van der Waals surface area contributed by atoms with Crippen LogP contribution in [0, 0.1) is 6.92 Å². The zero-order chi connectivity index (χ0) is 22.3. The van der Waals surface area contributed by atoms with Gasteiger partial charge in [-0.15, -0.1) is 0 Å². The van der Waals surface area contributed by atoms with Crippen LogP contribution in [-0.2, 0) is 12.7 Å². The van der Waals surface area contributed by atoms with Crippen LogP contribution in [0.1, 0.15) is 27.3 Å². The van der Waals surface area contributed by atoms with E-state index in [1.54, 1.807) is 4.57 Å². The van der Waals surface area contributed by atoms with Crippen molar-refractivity contribution in [1.29, 1.82) is 0 Å². The monoisotopic (exact) mass is 427 g/mol. The average molecular weight is 427 g/mol. The molecule has 0 amide bonds. The molecule has 158 valence electrons. The van der Waals surface area contributed by atoms with Crippen LogP contribution in [0.3, 0.4) is 0 Å². The number of imidazole rings is 1. The van der Waals surface area contributed by atoms with E-state index < -0.39 is 23.5 Å². The van der Waals surface area contributed by atoms with Crippen molar-refractivity contribution in [3.05, 3.63) is 71.0 Å². The highest BCUT2D eigenvalue weighted by Crippen LogP contribution is 2.31. The standard InChI is InChI=1S/C21H16F3N5O2/c1-11-3-2-4-13(9-11)19-28-17-15(16(25)26-18(27-17)20(30)31)29(19)10-12-5-7-14(8-6-12)21(22,23)24/h2-9H,10H2,1H3,(H,30,31)(H2,25,26,27). The minimum atomic E-state index is -4.43. The molecule has 0 aliphatic rings. The van der Waals surface area contributed by atoms with E-state index in [4.69, 9.17) is 5.73 Å². The van der Waals surface area contributed by atoms with Gasteiger partial charge in [0.15, 0.2) is 11.5 Å². The second-order valence-corrected chi connectivity index (χ2v) is 7.00. The molecular weight excluding hydrogens is 411 g/mol. The number of hydrogen-bond donors (Lipinski definition) is 2. The van der Waals surface area contributed by atoms with E-state index >= 15 is 0 Å². The smallest absolute Gasteiger partial charge is 0.416 e. The number of carbonyl (C=O) groups is 1. The van der Waals surface area contributed by atoms with E-state index in [0.29, 0.717) is 16.9 Å². The first-order valence-electron chi connectivity index (χ1n) is 9.13. The van der Waals surface area contributed by atoms with E-state index in [1.165, 1.54) is 12.1 Å². The molecule has 0 saturated heterocycles. The van der Waals surface area contributed by atoms with Gasteiger partial charge in [0, 0.05) is 12.1 Å². The van der Waals surface area contributed by atoms with Gasteiger partial charge in [0.05, 0.1) is 5.56 Å². The van der Waals surface area contributed by atoms with Crippen molar-refractivity contribution >= 4 is 23.0 Å². The Balaban J connectivity index is 1.89. The number of aryl methyl sites for hydroxylation is 1. The highest BCUT2D eigenvalue weighted by Gasteiger charge is 2.30. The van der Waals surface area contributed by atoms with Crippen LogP contribution >= 0.6 is 0 Å². The lowest BCUT2D eigenvalue weighted by atomic mass is 10.1. The number of aromatic carboxylic acids is 1. The van der Waals surface area contributed by atoms with Crippen LogP contribution in [0.4, 0.5) is 19.0 Å². The van der Waals surface area contributed by atoms with Gasteiger partial charge in [-0.3, -0.25) is 0 Å². The number of alkyl halides is 3. The van der Waals surface area contributed by atoms with Crippen molar-refractivity contribution in [2.45, 2.75) is 19.6 Å². The van der Waals surface area contributed by atoms with Crippen molar-refractivity contribution < 1.29 is 23.1 Å². The normalized spacial score (nSPS) is 11.7. The fourth-order valence-corrected chi connectivity index (χ4v) is 3.30. The minimum absolute atomic E-state index is 0.0827. The molecule has 2 aromatic carbocycles. The van der Waals surface area contributed by atoms with Crippen molar-refractivity contribution in [3.63, 3.8) is 0 Å². The lowest BCUT2D eigenvalue weighted by Gasteiger charge is -2.12. The van der Waals surface area contributed by atoms with Crippen LogP contribution in [0.15, 0.2) is 48.5 Å². The maximum absolute atomic E-state index is 12.9. The van der Waals surface area contributed by atoms with Crippen molar-refractivity contribution in [1.82, 2.24) is 19.5 Å². The number of carboxylic acids is 1. The van der Waals surface area contributed by atoms with E-state index in [-0.39, 0.29) is 18.0 Å². The van der Waals surface area contributed by atoms with E-state index in [2.05, 4.69) is 15.0 Å². The van der Waals surface area contributed by atoms with Crippen LogP contribution in [0.2, 0.25) is 0 Å². The molecule has 0 aliphatic heterocycles. The van der Waals surface area contributed by atoms with E-state index in [0.717, 1.165) is 23.3 Å².